The Morgan fingerprint density at radius 2 is 1.87 bits per heavy atom. The van der Waals surface area contributed by atoms with Crippen molar-refractivity contribution in [2.24, 2.45) is 9.98 Å². The van der Waals surface area contributed by atoms with Gasteiger partial charge < -0.3 is 15.0 Å². The first-order valence-electron chi connectivity index (χ1n) is 10.3. The van der Waals surface area contributed by atoms with E-state index in [1.165, 1.54) is 0 Å². The molecule has 6 nitrogen and oxygen atoms in total. The van der Waals surface area contributed by atoms with Gasteiger partial charge in [-0.1, -0.05) is 30.7 Å². The first-order valence-corrected chi connectivity index (χ1v) is 11.7. The van der Waals surface area contributed by atoms with Gasteiger partial charge in [0.2, 0.25) is 0 Å². The lowest BCUT2D eigenvalue weighted by atomic mass is 9.98. The maximum atomic E-state index is 12.7. The Hall–Kier alpha value is -2.51. The van der Waals surface area contributed by atoms with E-state index < -0.39 is 5.66 Å². The van der Waals surface area contributed by atoms with E-state index in [0.717, 1.165) is 27.8 Å². The molecule has 0 aliphatic carbocycles. The summed E-state index contributed by atoms with van der Waals surface area (Å²) in [6, 6.07) is 15.0. The number of urea groups is 1. The summed E-state index contributed by atoms with van der Waals surface area (Å²) < 4.78 is 5.27. The molecule has 162 valence electrons. The Balaban J connectivity index is 1.48. The van der Waals surface area contributed by atoms with Crippen LogP contribution in [0.1, 0.15) is 25.3 Å². The van der Waals surface area contributed by atoms with Gasteiger partial charge >= 0.3 is 6.03 Å². The van der Waals surface area contributed by atoms with Crippen molar-refractivity contribution in [2.45, 2.75) is 25.4 Å². The fourth-order valence-corrected chi connectivity index (χ4v) is 4.74. The van der Waals surface area contributed by atoms with Gasteiger partial charge in [-0.2, -0.15) is 0 Å². The second kappa shape index (κ2) is 9.32. The number of hydrogen-bond acceptors (Lipinski definition) is 5. The SMILES string of the molecule is CCSC1=NC2(CCN(C(=O)Nc3ccccc3Cl)CC2)N=C1c1ccc(OC)cc1. The van der Waals surface area contributed by atoms with Crippen molar-refractivity contribution in [3.05, 3.63) is 59.1 Å². The van der Waals surface area contributed by atoms with Crippen LogP contribution in [0.4, 0.5) is 10.5 Å². The predicted octanol–water partition coefficient (Wildman–Crippen LogP) is 5.33. The topological polar surface area (TPSA) is 66.3 Å². The number of carbonyl (C=O) groups is 1. The maximum Gasteiger partial charge on any atom is 0.321 e. The lowest BCUT2D eigenvalue weighted by molar-refractivity contribution is 0.175. The molecule has 0 atom stereocenters. The van der Waals surface area contributed by atoms with Gasteiger partial charge in [-0.3, -0.25) is 4.99 Å². The minimum Gasteiger partial charge on any atom is -0.497 e. The standard InChI is InChI=1S/C23H25ClN4O2S/c1-3-31-21-20(16-8-10-17(30-2)11-9-16)26-23(27-21)12-14-28(15-13-23)22(29)25-19-7-5-4-6-18(19)24/h4-11H,3,12-15H2,1-2H3,(H,25,29). The molecule has 2 aromatic carbocycles. The first kappa shape index (κ1) is 21.7. The van der Waals surface area contributed by atoms with Crippen LogP contribution in [0.2, 0.25) is 5.02 Å². The highest BCUT2D eigenvalue weighted by atomic mass is 35.5. The van der Waals surface area contributed by atoms with Crippen molar-refractivity contribution >= 4 is 45.8 Å². The number of para-hydroxylation sites is 1. The van der Waals surface area contributed by atoms with Gasteiger partial charge in [0.25, 0.3) is 0 Å². The van der Waals surface area contributed by atoms with E-state index in [4.69, 9.17) is 26.3 Å². The molecule has 2 heterocycles. The number of aliphatic imine (C=N–C) groups is 2. The van der Waals surface area contributed by atoms with Crippen LogP contribution in [0.5, 0.6) is 5.75 Å². The molecule has 0 unspecified atom stereocenters. The zero-order chi connectivity index (χ0) is 21.8. The quantitative estimate of drug-likeness (QED) is 0.676. The molecule has 4 rings (SSSR count). The van der Waals surface area contributed by atoms with E-state index in [1.807, 2.05) is 36.4 Å². The number of rotatable bonds is 4. The van der Waals surface area contributed by atoms with Crippen LogP contribution in [0, 0.1) is 0 Å². The first-order chi connectivity index (χ1) is 15.0. The number of piperidine rings is 1. The molecule has 31 heavy (non-hydrogen) atoms. The van der Waals surface area contributed by atoms with Gasteiger partial charge in [0.05, 0.1) is 23.5 Å². The molecular weight excluding hydrogens is 432 g/mol. The second-order valence-electron chi connectivity index (χ2n) is 7.42. The zero-order valence-corrected chi connectivity index (χ0v) is 19.2. The molecule has 1 saturated heterocycles. The summed E-state index contributed by atoms with van der Waals surface area (Å²) in [6.07, 6.45) is 1.38. The summed E-state index contributed by atoms with van der Waals surface area (Å²) in [4.78, 5) is 24.6. The van der Waals surface area contributed by atoms with Crippen molar-refractivity contribution in [2.75, 3.05) is 31.3 Å². The highest BCUT2D eigenvalue weighted by molar-refractivity contribution is 8.15. The van der Waals surface area contributed by atoms with Gasteiger partial charge in [0.1, 0.15) is 10.8 Å². The van der Waals surface area contributed by atoms with Crippen molar-refractivity contribution in [1.29, 1.82) is 0 Å². The molecule has 0 radical (unpaired) electrons. The molecule has 2 amide bonds. The van der Waals surface area contributed by atoms with Crippen LogP contribution in [0.15, 0.2) is 58.5 Å². The number of benzene rings is 2. The normalized spacial score (nSPS) is 17.3. The summed E-state index contributed by atoms with van der Waals surface area (Å²) in [5.74, 6) is 1.74. The largest absolute Gasteiger partial charge is 0.497 e. The number of hydrogen-bond donors (Lipinski definition) is 1. The third-order valence-electron chi connectivity index (χ3n) is 5.44. The Kier molecular flexibility index (Phi) is 6.53. The molecule has 0 aromatic heterocycles. The number of thioether (sulfide) groups is 1. The van der Waals surface area contributed by atoms with E-state index in [0.29, 0.717) is 36.6 Å². The molecule has 1 spiro atoms. The number of nitrogens with one attached hydrogen (secondary N) is 1. The number of amides is 2. The highest BCUT2D eigenvalue weighted by Crippen LogP contribution is 2.36. The Bertz CT molecular complexity index is 1010. The summed E-state index contributed by atoms with van der Waals surface area (Å²) in [5, 5.41) is 4.40. The van der Waals surface area contributed by atoms with Gasteiger partial charge in [-0.25, -0.2) is 9.79 Å². The van der Waals surface area contributed by atoms with Gasteiger partial charge in [-0.15, -0.1) is 11.8 Å². The molecule has 8 heteroatoms. The van der Waals surface area contributed by atoms with Crippen LogP contribution in [0.25, 0.3) is 0 Å². The summed E-state index contributed by atoms with van der Waals surface area (Å²) >= 11 is 7.88. The molecule has 0 saturated carbocycles. The van der Waals surface area contributed by atoms with E-state index in [1.54, 1.807) is 35.9 Å². The number of halogens is 1. The number of carbonyl (C=O) groups excluding carboxylic acids is 1. The van der Waals surface area contributed by atoms with Gasteiger partial charge in [0.15, 0.2) is 5.66 Å². The second-order valence-corrected chi connectivity index (χ2v) is 9.08. The summed E-state index contributed by atoms with van der Waals surface area (Å²) in [6.45, 7) is 3.29. The summed E-state index contributed by atoms with van der Waals surface area (Å²) in [5.41, 5.74) is 2.10. The Morgan fingerprint density at radius 1 is 1.16 bits per heavy atom. The Morgan fingerprint density at radius 3 is 2.52 bits per heavy atom. The van der Waals surface area contributed by atoms with Crippen molar-refractivity contribution in [1.82, 2.24) is 4.90 Å². The maximum absolute atomic E-state index is 12.7. The number of likely N-dealkylation sites (tertiary alicyclic amines) is 1. The minimum atomic E-state index is -0.492. The molecular formula is C23H25ClN4O2S. The lowest BCUT2D eigenvalue weighted by Gasteiger charge is -2.35. The monoisotopic (exact) mass is 456 g/mol. The van der Waals surface area contributed by atoms with Crippen molar-refractivity contribution in [3.63, 3.8) is 0 Å². The third kappa shape index (κ3) is 4.72. The number of methoxy groups -OCH3 is 1. The number of anilines is 1. The minimum absolute atomic E-state index is 0.146. The van der Waals surface area contributed by atoms with Gasteiger partial charge in [0, 0.05) is 31.5 Å². The molecule has 1 fully saturated rings. The zero-order valence-electron chi connectivity index (χ0n) is 17.6. The van der Waals surface area contributed by atoms with Crippen molar-refractivity contribution in [3.8, 4) is 5.75 Å². The molecule has 1 N–H and O–H groups in total. The molecule has 2 aliphatic heterocycles. The van der Waals surface area contributed by atoms with E-state index in [-0.39, 0.29) is 6.03 Å². The molecule has 0 bridgehead atoms. The van der Waals surface area contributed by atoms with Gasteiger partial charge in [-0.05, 0) is 42.2 Å². The Labute approximate surface area is 191 Å². The van der Waals surface area contributed by atoms with Crippen molar-refractivity contribution < 1.29 is 9.53 Å². The van der Waals surface area contributed by atoms with Crippen LogP contribution in [-0.2, 0) is 0 Å². The lowest BCUT2D eigenvalue weighted by Crippen LogP contribution is -2.46. The predicted molar refractivity (Wildman–Crippen MR) is 129 cm³/mol. The highest BCUT2D eigenvalue weighted by Gasteiger charge is 2.40. The van der Waals surface area contributed by atoms with E-state index in [2.05, 4.69) is 12.2 Å². The van der Waals surface area contributed by atoms with Crippen LogP contribution in [0.3, 0.4) is 0 Å². The van der Waals surface area contributed by atoms with E-state index >= 15 is 0 Å². The summed E-state index contributed by atoms with van der Waals surface area (Å²) in [7, 11) is 1.66. The van der Waals surface area contributed by atoms with Crippen LogP contribution < -0.4 is 10.1 Å². The average molecular weight is 457 g/mol. The third-order valence-corrected chi connectivity index (χ3v) is 6.62. The fourth-order valence-electron chi connectivity index (χ4n) is 3.75. The fraction of sp³-hybridized carbons (Fsp3) is 0.348. The van der Waals surface area contributed by atoms with Crippen LogP contribution >= 0.6 is 23.4 Å². The average Bonchev–Trinajstić information content (AvgIpc) is 3.13. The molecule has 2 aliphatic rings. The number of ether oxygens (including phenoxy) is 1. The molecule has 2 aromatic rings. The smallest absolute Gasteiger partial charge is 0.321 e. The number of nitrogens with zero attached hydrogens (tertiary/aromatic N) is 3. The van der Waals surface area contributed by atoms with Crippen LogP contribution in [-0.4, -0.2) is 53.3 Å². The van der Waals surface area contributed by atoms with E-state index in [9.17, 15) is 4.79 Å².